The lowest BCUT2D eigenvalue weighted by Crippen LogP contribution is -2.50. The molecule has 3 N–H and O–H groups in total. The highest BCUT2D eigenvalue weighted by Gasteiger charge is 2.44. The van der Waals surface area contributed by atoms with Gasteiger partial charge in [-0.3, -0.25) is 4.79 Å². The van der Waals surface area contributed by atoms with Crippen LogP contribution in [0.4, 0.5) is 4.79 Å². The molecule has 1 saturated heterocycles. The fourth-order valence-corrected chi connectivity index (χ4v) is 7.19. The lowest BCUT2D eigenvalue weighted by Gasteiger charge is -2.44. The molecule has 4 rings (SSSR count). The van der Waals surface area contributed by atoms with Crippen molar-refractivity contribution in [2.45, 2.75) is 70.3 Å². The number of hydrogen-bond donors (Lipinski definition) is 3. The first kappa shape index (κ1) is 32.2. The van der Waals surface area contributed by atoms with Crippen molar-refractivity contribution in [1.29, 1.82) is 0 Å². The zero-order valence-corrected chi connectivity index (χ0v) is 26.1. The van der Waals surface area contributed by atoms with Crippen molar-refractivity contribution >= 4 is 23.6 Å². The van der Waals surface area contributed by atoms with E-state index >= 15 is 0 Å². The number of alkyl carbamates (subject to hydrolysis) is 1. The number of aromatic nitrogens is 1. The van der Waals surface area contributed by atoms with Gasteiger partial charge in [-0.2, -0.15) is 0 Å². The quantitative estimate of drug-likeness (QED) is 0.231. The van der Waals surface area contributed by atoms with Gasteiger partial charge in [0.2, 0.25) is 5.91 Å². The van der Waals surface area contributed by atoms with Crippen molar-refractivity contribution in [1.82, 2.24) is 20.5 Å². The van der Waals surface area contributed by atoms with Crippen LogP contribution in [-0.4, -0.2) is 67.3 Å². The van der Waals surface area contributed by atoms with Gasteiger partial charge in [0.05, 0.1) is 12.7 Å². The molecule has 0 bridgehead atoms. The summed E-state index contributed by atoms with van der Waals surface area (Å²) in [5.74, 6) is 0.719. The van der Waals surface area contributed by atoms with Crippen LogP contribution in [0.5, 0.6) is 0 Å². The van der Waals surface area contributed by atoms with Crippen molar-refractivity contribution < 1.29 is 19.4 Å². The molecular weight excluding hydrogens is 552 g/mol. The van der Waals surface area contributed by atoms with Crippen molar-refractivity contribution in [3.8, 4) is 11.1 Å². The van der Waals surface area contributed by atoms with Crippen LogP contribution in [0.15, 0.2) is 36.5 Å². The van der Waals surface area contributed by atoms with Crippen LogP contribution in [0.1, 0.15) is 69.4 Å². The second kappa shape index (κ2) is 15.2. The SMILES string of the molecule is CCc1cccc(-c2c([C@](O)(CCCNC(=O)OC)[C@@H]3CCCN(C(=O)[C@H]4CC[C@H](CNC)CC4)C3)ccnc2Cl)c1. The molecule has 1 aliphatic heterocycles. The number of piperidine rings is 1. The van der Waals surface area contributed by atoms with Crippen molar-refractivity contribution in [3.63, 3.8) is 0 Å². The number of likely N-dealkylation sites (tertiary alicyclic amines) is 1. The van der Waals surface area contributed by atoms with Gasteiger partial charge in [0.15, 0.2) is 0 Å². The second-order valence-electron chi connectivity index (χ2n) is 11.9. The van der Waals surface area contributed by atoms with Gasteiger partial charge in [-0.25, -0.2) is 9.78 Å². The number of ether oxygens (including phenoxy) is 1. The standard InChI is InChI=1S/C33H47ClN4O4/c1-4-23-8-5-9-26(20-23)29-28(15-18-36-30(29)34)33(41,16-7-17-37-32(40)42-3)27-10-6-19-38(22-27)31(39)25-13-11-24(12-14-25)21-35-2/h5,8-9,15,18,20,24-25,27,35,41H,4,6-7,10-14,16-17,19,21-22H2,1-3H3,(H,37,40)/t24-,25-,27-,33+/m1/s1. The Balaban J connectivity index is 1.63. The Labute approximate surface area is 255 Å². The molecule has 0 spiro atoms. The van der Waals surface area contributed by atoms with E-state index in [-0.39, 0.29) is 17.7 Å². The lowest BCUT2D eigenvalue weighted by atomic mass is 9.72. The van der Waals surface area contributed by atoms with Crippen LogP contribution in [0.2, 0.25) is 5.15 Å². The van der Waals surface area contributed by atoms with Gasteiger partial charge in [-0.15, -0.1) is 0 Å². The summed E-state index contributed by atoms with van der Waals surface area (Å²) in [5, 5.41) is 19.1. The Morgan fingerprint density at radius 2 is 1.98 bits per heavy atom. The summed E-state index contributed by atoms with van der Waals surface area (Å²) < 4.78 is 4.73. The van der Waals surface area contributed by atoms with Crippen LogP contribution < -0.4 is 10.6 Å². The highest BCUT2D eigenvalue weighted by molar-refractivity contribution is 6.32. The molecular formula is C33H47ClN4O4. The number of nitrogens with one attached hydrogen (secondary N) is 2. The number of rotatable bonds is 11. The van der Waals surface area contributed by atoms with Gasteiger partial charge >= 0.3 is 6.09 Å². The summed E-state index contributed by atoms with van der Waals surface area (Å²) in [5.41, 5.74) is 2.24. The summed E-state index contributed by atoms with van der Waals surface area (Å²) in [6, 6.07) is 10.1. The molecule has 9 heteroatoms. The first-order valence-corrected chi connectivity index (χ1v) is 15.9. The monoisotopic (exact) mass is 598 g/mol. The van der Waals surface area contributed by atoms with E-state index in [2.05, 4.69) is 34.7 Å². The number of halogens is 1. The molecule has 2 atom stereocenters. The van der Waals surface area contributed by atoms with Crippen LogP contribution in [-0.2, 0) is 21.6 Å². The van der Waals surface area contributed by atoms with Crippen LogP contribution in [0.25, 0.3) is 11.1 Å². The van der Waals surface area contributed by atoms with Gasteiger partial charge < -0.3 is 25.4 Å². The number of aliphatic hydroxyl groups is 1. The van der Waals surface area contributed by atoms with Crippen molar-refractivity contribution in [2.24, 2.45) is 17.8 Å². The Kier molecular flexibility index (Phi) is 11.6. The number of carbonyl (C=O) groups is 2. The summed E-state index contributed by atoms with van der Waals surface area (Å²) in [7, 11) is 3.32. The number of amides is 2. The van der Waals surface area contributed by atoms with E-state index in [1.54, 1.807) is 6.20 Å². The fourth-order valence-electron chi connectivity index (χ4n) is 6.93. The number of nitrogens with zero attached hydrogens (tertiary/aromatic N) is 2. The lowest BCUT2D eigenvalue weighted by molar-refractivity contribution is -0.142. The molecule has 1 aromatic heterocycles. The second-order valence-corrected chi connectivity index (χ2v) is 12.3. The number of benzene rings is 1. The third-order valence-corrected chi connectivity index (χ3v) is 9.57. The molecule has 2 aliphatic rings. The molecule has 1 aliphatic carbocycles. The summed E-state index contributed by atoms with van der Waals surface area (Å²) in [6.45, 7) is 4.68. The van der Waals surface area contributed by atoms with E-state index in [0.717, 1.165) is 68.2 Å². The molecule has 1 saturated carbocycles. The summed E-state index contributed by atoms with van der Waals surface area (Å²) >= 11 is 6.78. The minimum absolute atomic E-state index is 0.0527. The minimum Gasteiger partial charge on any atom is -0.453 e. The van der Waals surface area contributed by atoms with E-state index in [9.17, 15) is 14.7 Å². The minimum atomic E-state index is -1.29. The number of aryl methyl sites for hydroxylation is 1. The Morgan fingerprint density at radius 1 is 1.19 bits per heavy atom. The normalized spacial score (nSPS) is 22.3. The third-order valence-electron chi connectivity index (χ3n) is 9.28. The largest absolute Gasteiger partial charge is 0.453 e. The molecule has 0 unspecified atom stereocenters. The van der Waals surface area contributed by atoms with Crippen molar-refractivity contribution in [3.05, 3.63) is 52.8 Å². The zero-order chi connectivity index (χ0) is 30.1. The predicted octanol–water partition coefficient (Wildman–Crippen LogP) is 5.55. The average Bonchev–Trinajstić information content (AvgIpc) is 3.03. The molecule has 42 heavy (non-hydrogen) atoms. The average molecular weight is 599 g/mol. The van der Waals surface area contributed by atoms with Gasteiger partial charge in [-0.05, 0) is 100 Å². The van der Waals surface area contributed by atoms with E-state index in [0.29, 0.717) is 43.5 Å². The fraction of sp³-hybridized carbons (Fsp3) is 0.606. The molecule has 2 heterocycles. The Bertz CT molecular complexity index is 1200. The summed E-state index contributed by atoms with van der Waals surface area (Å²) in [4.78, 5) is 31.8. The first-order valence-electron chi connectivity index (χ1n) is 15.5. The zero-order valence-electron chi connectivity index (χ0n) is 25.3. The molecule has 0 radical (unpaired) electrons. The van der Waals surface area contributed by atoms with Crippen molar-refractivity contribution in [2.75, 3.05) is 40.3 Å². The molecule has 8 nitrogen and oxygen atoms in total. The number of pyridine rings is 1. The summed E-state index contributed by atoms with van der Waals surface area (Å²) in [6.07, 6.45) is 8.55. The smallest absolute Gasteiger partial charge is 0.406 e. The number of methoxy groups -OCH3 is 1. The Hall–Kier alpha value is -2.68. The maximum atomic E-state index is 13.7. The van der Waals surface area contributed by atoms with Gasteiger partial charge in [-0.1, -0.05) is 42.8 Å². The molecule has 1 aromatic carbocycles. The maximum Gasteiger partial charge on any atom is 0.406 e. The van der Waals surface area contributed by atoms with Gasteiger partial charge in [0.1, 0.15) is 5.15 Å². The van der Waals surface area contributed by atoms with E-state index in [4.69, 9.17) is 16.3 Å². The van der Waals surface area contributed by atoms with Gasteiger partial charge in [0, 0.05) is 43.2 Å². The predicted molar refractivity (Wildman–Crippen MR) is 166 cm³/mol. The van der Waals surface area contributed by atoms with Crippen LogP contribution in [0.3, 0.4) is 0 Å². The third kappa shape index (κ3) is 7.63. The highest BCUT2D eigenvalue weighted by atomic mass is 35.5. The molecule has 2 aromatic rings. The highest BCUT2D eigenvalue weighted by Crippen LogP contribution is 2.45. The number of carbonyl (C=O) groups excluding carboxylic acids is 2. The van der Waals surface area contributed by atoms with Crippen LogP contribution >= 0.6 is 11.6 Å². The molecule has 2 fully saturated rings. The Morgan fingerprint density at radius 3 is 2.69 bits per heavy atom. The topological polar surface area (TPSA) is 104 Å². The van der Waals surface area contributed by atoms with Crippen LogP contribution in [0, 0.1) is 17.8 Å². The molecule has 2 amide bonds. The van der Waals surface area contributed by atoms with Gasteiger partial charge in [0.25, 0.3) is 0 Å². The van der Waals surface area contributed by atoms with E-state index in [1.807, 2.05) is 30.1 Å². The number of hydrogen-bond acceptors (Lipinski definition) is 6. The van der Waals surface area contributed by atoms with E-state index in [1.165, 1.54) is 12.7 Å². The molecule has 230 valence electrons. The van der Waals surface area contributed by atoms with E-state index < -0.39 is 11.7 Å². The first-order chi connectivity index (χ1) is 20.3. The maximum absolute atomic E-state index is 13.7.